The number of hydrogen-bond donors (Lipinski definition) is 0. The Labute approximate surface area is 158 Å². The Kier molecular flexibility index (Phi) is 7.08. The number of hydrogen-bond acceptors (Lipinski definition) is 5. The van der Waals surface area contributed by atoms with Gasteiger partial charge in [-0.05, 0) is 44.0 Å². The van der Waals surface area contributed by atoms with Gasteiger partial charge in [-0.2, -0.15) is 0 Å². The normalized spacial score (nSPS) is 17.1. The summed E-state index contributed by atoms with van der Waals surface area (Å²) in [7, 11) is 0. The number of nitrogens with zero attached hydrogens (tertiary/aromatic N) is 1. The van der Waals surface area contributed by atoms with Gasteiger partial charge in [0.1, 0.15) is 4.32 Å². The molecule has 0 aliphatic carbocycles. The van der Waals surface area contributed by atoms with Gasteiger partial charge in [-0.15, -0.1) is 6.58 Å². The van der Waals surface area contributed by atoms with Crippen molar-refractivity contribution in [2.75, 3.05) is 13.2 Å². The fraction of sp³-hybridized carbons (Fsp3) is 0.368. The van der Waals surface area contributed by atoms with Gasteiger partial charge < -0.3 is 9.47 Å². The molecule has 1 aliphatic rings. The standard InChI is InChI=1S/C19H23NO3S2/c1-5-10-20-18(21)17(25-19(20)24)12-14-8-9-15(23-13(4)6-2)16(11-14)22-7-3/h5,8-9,11-13H,1,6-7,10H2,2-4H3/b17-12-/t13-/m0/s1. The number of benzene rings is 1. The highest BCUT2D eigenvalue weighted by atomic mass is 32.2. The van der Waals surface area contributed by atoms with Gasteiger partial charge in [-0.25, -0.2) is 0 Å². The quantitative estimate of drug-likeness (QED) is 0.375. The molecule has 1 saturated heterocycles. The molecule has 0 aromatic heterocycles. The highest BCUT2D eigenvalue weighted by Gasteiger charge is 2.31. The molecular weight excluding hydrogens is 354 g/mol. The van der Waals surface area contributed by atoms with Crippen molar-refractivity contribution in [3.05, 3.63) is 41.3 Å². The first kappa shape index (κ1) is 19.5. The molecule has 1 atom stereocenters. The lowest BCUT2D eigenvalue weighted by Gasteiger charge is -2.16. The van der Waals surface area contributed by atoms with Crippen LogP contribution < -0.4 is 9.47 Å². The number of carbonyl (C=O) groups is 1. The van der Waals surface area contributed by atoms with E-state index in [0.717, 1.165) is 12.0 Å². The SMILES string of the molecule is C=CCN1C(=O)/C(=C/c2ccc(O[C@@H](C)CC)c(OCC)c2)SC1=S. The summed E-state index contributed by atoms with van der Waals surface area (Å²) < 4.78 is 12.2. The molecule has 25 heavy (non-hydrogen) atoms. The van der Waals surface area contributed by atoms with Crippen molar-refractivity contribution in [2.45, 2.75) is 33.3 Å². The lowest BCUT2D eigenvalue weighted by Crippen LogP contribution is -2.27. The van der Waals surface area contributed by atoms with Crippen LogP contribution in [0.1, 0.15) is 32.8 Å². The predicted octanol–water partition coefficient (Wildman–Crippen LogP) is 4.65. The zero-order chi connectivity index (χ0) is 18.4. The Morgan fingerprint density at radius 3 is 2.76 bits per heavy atom. The highest BCUT2D eigenvalue weighted by molar-refractivity contribution is 8.26. The second kappa shape index (κ2) is 9.06. The fourth-order valence-electron chi connectivity index (χ4n) is 2.22. The van der Waals surface area contributed by atoms with Gasteiger partial charge in [0.25, 0.3) is 5.91 Å². The first-order valence-electron chi connectivity index (χ1n) is 8.29. The minimum Gasteiger partial charge on any atom is -0.490 e. The third kappa shape index (κ3) is 4.86. The third-order valence-electron chi connectivity index (χ3n) is 3.65. The molecule has 0 radical (unpaired) electrons. The van der Waals surface area contributed by atoms with Crippen LogP contribution in [0.2, 0.25) is 0 Å². The van der Waals surface area contributed by atoms with Crippen molar-refractivity contribution in [2.24, 2.45) is 0 Å². The summed E-state index contributed by atoms with van der Waals surface area (Å²) in [4.78, 5) is 14.6. The Morgan fingerprint density at radius 1 is 1.36 bits per heavy atom. The zero-order valence-corrected chi connectivity index (χ0v) is 16.4. The summed E-state index contributed by atoms with van der Waals surface area (Å²) in [6.45, 7) is 10.7. The van der Waals surface area contributed by atoms with Crippen LogP contribution in [0.25, 0.3) is 6.08 Å². The van der Waals surface area contributed by atoms with Crippen LogP contribution in [-0.2, 0) is 4.79 Å². The summed E-state index contributed by atoms with van der Waals surface area (Å²) in [5, 5.41) is 0. The van der Waals surface area contributed by atoms with Crippen molar-refractivity contribution in [1.82, 2.24) is 4.90 Å². The number of thiocarbonyl (C=S) groups is 1. The topological polar surface area (TPSA) is 38.8 Å². The third-order valence-corrected chi connectivity index (χ3v) is 5.03. The minimum atomic E-state index is -0.0900. The largest absolute Gasteiger partial charge is 0.490 e. The summed E-state index contributed by atoms with van der Waals surface area (Å²) >= 11 is 6.56. The van der Waals surface area contributed by atoms with Gasteiger partial charge in [-0.1, -0.05) is 43.0 Å². The molecule has 0 unspecified atom stereocenters. The average molecular weight is 378 g/mol. The van der Waals surface area contributed by atoms with E-state index in [9.17, 15) is 4.79 Å². The summed E-state index contributed by atoms with van der Waals surface area (Å²) in [5.74, 6) is 1.30. The molecule has 134 valence electrons. The molecule has 0 N–H and O–H groups in total. The van der Waals surface area contributed by atoms with Crippen molar-refractivity contribution in [1.29, 1.82) is 0 Å². The van der Waals surface area contributed by atoms with Gasteiger partial charge in [0.15, 0.2) is 11.5 Å². The van der Waals surface area contributed by atoms with E-state index in [0.29, 0.717) is 33.9 Å². The van der Waals surface area contributed by atoms with Gasteiger partial charge in [0.05, 0.1) is 17.6 Å². The monoisotopic (exact) mass is 377 g/mol. The number of ether oxygens (including phenoxy) is 2. The van der Waals surface area contributed by atoms with Crippen molar-refractivity contribution >= 4 is 40.3 Å². The van der Waals surface area contributed by atoms with E-state index in [-0.39, 0.29) is 12.0 Å². The van der Waals surface area contributed by atoms with Crippen LogP contribution in [0.4, 0.5) is 0 Å². The number of amides is 1. The molecule has 1 amide bonds. The van der Waals surface area contributed by atoms with Gasteiger partial charge in [0.2, 0.25) is 0 Å². The molecule has 1 aromatic rings. The summed E-state index contributed by atoms with van der Waals surface area (Å²) in [6, 6.07) is 5.69. The van der Waals surface area contributed by atoms with Gasteiger partial charge in [0, 0.05) is 6.54 Å². The highest BCUT2D eigenvalue weighted by Crippen LogP contribution is 2.35. The lowest BCUT2D eigenvalue weighted by molar-refractivity contribution is -0.121. The van der Waals surface area contributed by atoms with Gasteiger partial charge in [-0.3, -0.25) is 9.69 Å². The van der Waals surface area contributed by atoms with Gasteiger partial charge >= 0.3 is 0 Å². The number of carbonyl (C=O) groups excluding carboxylic acids is 1. The van der Waals surface area contributed by atoms with Crippen LogP contribution in [0.5, 0.6) is 11.5 Å². The van der Waals surface area contributed by atoms with Crippen LogP contribution in [-0.4, -0.2) is 34.4 Å². The molecule has 1 fully saturated rings. The van der Waals surface area contributed by atoms with E-state index < -0.39 is 0 Å². The van der Waals surface area contributed by atoms with Crippen molar-refractivity contribution in [3.8, 4) is 11.5 Å². The maximum absolute atomic E-state index is 12.4. The molecule has 0 spiro atoms. The Hall–Kier alpha value is -1.79. The Balaban J connectivity index is 2.28. The van der Waals surface area contributed by atoms with E-state index in [1.807, 2.05) is 38.1 Å². The Bertz CT molecular complexity index is 700. The van der Waals surface area contributed by atoms with Crippen LogP contribution in [0.15, 0.2) is 35.8 Å². The van der Waals surface area contributed by atoms with Crippen LogP contribution >= 0.6 is 24.0 Å². The maximum atomic E-state index is 12.4. The molecule has 4 nitrogen and oxygen atoms in total. The molecule has 6 heteroatoms. The second-order valence-electron chi connectivity index (χ2n) is 5.56. The predicted molar refractivity (Wildman–Crippen MR) is 108 cm³/mol. The molecule has 2 rings (SSSR count). The first-order chi connectivity index (χ1) is 12.0. The lowest BCUT2D eigenvalue weighted by atomic mass is 10.1. The first-order valence-corrected chi connectivity index (χ1v) is 9.52. The minimum absolute atomic E-state index is 0.0900. The van der Waals surface area contributed by atoms with E-state index in [1.165, 1.54) is 11.8 Å². The van der Waals surface area contributed by atoms with Crippen LogP contribution in [0, 0.1) is 0 Å². The number of thioether (sulfide) groups is 1. The number of rotatable bonds is 8. The van der Waals surface area contributed by atoms with E-state index in [4.69, 9.17) is 21.7 Å². The Morgan fingerprint density at radius 2 is 2.12 bits per heavy atom. The smallest absolute Gasteiger partial charge is 0.266 e. The second-order valence-corrected chi connectivity index (χ2v) is 7.23. The van der Waals surface area contributed by atoms with E-state index >= 15 is 0 Å². The molecule has 1 aromatic carbocycles. The van der Waals surface area contributed by atoms with Crippen LogP contribution in [0.3, 0.4) is 0 Å². The zero-order valence-electron chi connectivity index (χ0n) is 14.8. The van der Waals surface area contributed by atoms with Crippen molar-refractivity contribution < 1.29 is 14.3 Å². The maximum Gasteiger partial charge on any atom is 0.266 e. The summed E-state index contributed by atoms with van der Waals surface area (Å²) in [6.07, 6.45) is 4.53. The molecule has 1 heterocycles. The molecular formula is C19H23NO3S2. The molecule has 0 saturated carbocycles. The molecule has 0 bridgehead atoms. The summed E-state index contributed by atoms with van der Waals surface area (Å²) in [5.41, 5.74) is 0.874. The fourth-order valence-corrected chi connectivity index (χ4v) is 3.49. The van der Waals surface area contributed by atoms with E-state index in [2.05, 4.69) is 13.5 Å². The average Bonchev–Trinajstić information content (AvgIpc) is 2.85. The molecule has 1 aliphatic heterocycles. The van der Waals surface area contributed by atoms with Crippen molar-refractivity contribution in [3.63, 3.8) is 0 Å². The van der Waals surface area contributed by atoms with E-state index in [1.54, 1.807) is 11.0 Å².